The lowest BCUT2D eigenvalue weighted by Gasteiger charge is -2.36. The Labute approximate surface area is 308 Å². The predicted octanol–water partition coefficient (Wildman–Crippen LogP) is 4.01. The van der Waals surface area contributed by atoms with E-state index < -0.39 is 48.2 Å². The number of nitrogens with one attached hydrogen (secondary N) is 2. The van der Waals surface area contributed by atoms with E-state index in [2.05, 4.69) is 29.1 Å². The monoisotopic (exact) mass is 725 g/mol. The molecule has 1 aromatic heterocycles. The Balaban J connectivity index is 1.56. The molecule has 4 atom stereocenters. The number of carbonyl (C=O) groups excluding carboxylic acids is 4. The van der Waals surface area contributed by atoms with Crippen LogP contribution in [0.15, 0.2) is 42.9 Å². The average Bonchev–Trinajstić information content (AvgIpc) is 3.68. The molecule has 0 radical (unpaired) electrons. The Hall–Kier alpha value is -4.17. The molecule has 5 amide bonds. The maximum absolute atomic E-state index is 14.4. The van der Waals surface area contributed by atoms with Gasteiger partial charge in [0, 0.05) is 53.3 Å². The van der Waals surface area contributed by atoms with Crippen molar-refractivity contribution in [2.24, 2.45) is 11.8 Å². The highest BCUT2D eigenvalue weighted by Crippen LogP contribution is 2.29. The first-order valence-electron chi connectivity index (χ1n) is 18.8. The molecule has 288 valence electrons. The van der Waals surface area contributed by atoms with Gasteiger partial charge in [-0.1, -0.05) is 76.3 Å². The number of H-pyrrole nitrogens is 1. The molecule has 14 heteroatoms. The lowest BCUT2D eigenvalue weighted by molar-refractivity contribution is -0.147. The van der Waals surface area contributed by atoms with E-state index in [0.717, 1.165) is 47.7 Å². The lowest BCUT2D eigenvalue weighted by atomic mass is 9.83. The number of urea groups is 1. The van der Waals surface area contributed by atoms with Gasteiger partial charge in [0.05, 0.1) is 37.4 Å². The third-order valence-corrected chi connectivity index (χ3v) is 10.3. The van der Waals surface area contributed by atoms with Crippen LogP contribution in [-0.2, 0) is 31.9 Å². The van der Waals surface area contributed by atoms with Crippen molar-refractivity contribution in [1.29, 1.82) is 0 Å². The number of aliphatic hydroxyl groups is 1. The summed E-state index contributed by atoms with van der Waals surface area (Å²) in [6.45, 7) is 5.80. The molecule has 1 aliphatic heterocycles. The van der Waals surface area contributed by atoms with Crippen LogP contribution in [0.3, 0.4) is 0 Å². The van der Waals surface area contributed by atoms with Crippen molar-refractivity contribution >= 4 is 23.9 Å². The Bertz CT molecular complexity index is 1400. The number of rotatable bonds is 15. The first-order valence-corrected chi connectivity index (χ1v) is 18.8. The molecule has 2 aliphatic rings. The number of ether oxygens (including phenoxy) is 2. The van der Waals surface area contributed by atoms with Gasteiger partial charge in [0.2, 0.25) is 5.91 Å². The second kappa shape index (κ2) is 20.2. The van der Waals surface area contributed by atoms with Gasteiger partial charge in [-0.2, -0.15) is 0 Å². The molecule has 52 heavy (non-hydrogen) atoms. The molecule has 1 aromatic carbocycles. The number of benzene rings is 1. The molecular formula is C38H59N7O7. The molecule has 2 heterocycles. The maximum atomic E-state index is 14.4. The van der Waals surface area contributed by atoms with Gasteiger partial charge in [0.25, 0.3) is 5.91 Å². The van der Waals surface area contributed by atoms with E-state index in [-0.39, 0.29) is 12.8 Å². The highest BCUT2D eigenvalue weighted by molar-refractivity contribution is 5.91. The smallest absolute Gasteiger partial charge is 0.429 e. The number of likely N-dealkylation sites (N-methyl/N-ethyl adjacent to an activating group) is 1. The van der Waals surface area contributed by atoms with E-state index in [9.17, 15) is 24.3 Å². The number of aromatic nitrogens is 2. The van der Waals surface area contributed by atoms with Crippen LogP contribution in [0.5, 0.6) is 0 Å². The molecule has 14 nitrogen and oxygen atoms in total. The van der Waals surface area contributed by atoms with Crippen molar-refractivity contribution in [2.75, 3.05) is 47.4 Å². The zero-order chi connectivity index (χ0) is 37.6. The summed E-state index contributed by atoms with van der Waals surface area (Å²) in [5.74, 6) is -0.206. The minimum Gasteiger partial charge on any atom is -0.434 e. The van der Waals surface area contributed by atoms with Crippen LogP contribution in [0, 0.1) is 11.8 Å². The number of aromatic amines is 1. The summed E-state index contributed by atoms with van der Waals surface area (Å²) < 4.78 is 11.2. The average molecular weight is 726 g/mol. The van der Waals surface area contributed by atoms with Crippen LogP contribution < -0.4 is 5.32 Å². The summed E-state index contributed by atoms with van der Waals surface area (Å²) in [6, 6.07) is 7.25. The molecule has 4 rings (SSSR count). The summed E-state index contributed by atoms with van der Waals surface area (Å²) in [5, 5.41) is 16.7. The van der Waals surface area contributed by atoms with E-state index in [0.29, 0.717) is 56.7 Å². The Morgan fingerprint density at radius 1 is 1.00 bits per heavy atom. The van der Waals surface area contributed by atoms with Gasteiger partial charge in [-0.3, -0.25) is 9.59 Å². The van der Waals surface area contributed by atoms with Crippen molar-refractivity contribution < 1.29 is 33.8 Å². The molecule has 0 bridgehead atoms. The van der Waals surface area contributed by atoms with Crippen molar-refractivity contribution in [1.82, 2.24) is 35.1 Å². The van der Waals surface area contributed by atoms with Crippen LogP contribution in [0.25, 0.3) is 0 Å². The van der Waals surface area contributed by atoms with Crippen molar-refractivity contribution in [3.63, 3.8) is 0 Å². The summed E-state index contributed by atoms with van der Waals surface area (Å²) >= 11 is 0. The third kappa shape index (κ3) is 11.9. The second-order valence-corrected chi connectivity index (χ2v) is 14.6. The normalized spacial score (nSPS) is 17.5. The number of morpholine rings is 1. The van der Waals surface area contributed by atoms with Crippen LogP contribution in [0.1, 0.15) is 76.5 Å². The summed E-state index contributed by atoms with van der Waals surface area (Å²) in [5.41, 5.74) is 1.32. The highest BCUT2D eigenvalue weighted by atomic mass is 16.6. The Kier molecular flexibility index (Phi) is 15.7. The van der Waals surface area contributed by atoms with Crippen LogP contribution in [0.2, 0.25) is 0 Å². The highest BCUT2D eigenvalue weighted by Gasteiger charge is 2.37. The number of hydrogen-bond donors (Lipinski definition) is 3. The quantitative estimate of drug-likeness (QED) is 0.232. The number of hydrogen-bond acceptors (Lipinski definition) is 8. The van der Waals surface area contributed by atoms with Gasteiger partial charge in [-0.15, -0.1) is 0 Å². The number of nitrogens with zero attached hydrogens (tertiary/aromatic N) is 5. The molecule has 2 aromatic rings. The minimum atomic E-state index is -1.32. The first-order chi connectivity index (χ1) is 24.9. The molecule has 1 aliphatic carbocycles. The van der Waals surface area contributed by atoms with Gasteiger partial charge in [0.15, 0.2) is 6.10 Å². The van der Waals surface area contributed by atoms with Gasteiger partial charge in [0.1, 0.15) is 6.04 Å². The third-order valence-electron chi connectivity index (χ3n) is 10.3. The molecule has 2 fully saturated rings. The Morgan fingerprint density at radius 2 is 1.69 bits per heavy atom. The molecule has 3 unspecified atom stereocenters. The van der Waals surface area contributed by atoms with Gasteiger partial charge < -0.3 is 34.7 Å². The van der Waals surface area contributed by atoms with E-state index in [1.54, 1.807) is 11.1 Å². The summed E-state index contributed by atoms with van der Waals surface area (Å²) in [4.78, 5) is 65.5. The SMILES string of the molecule is CC(C)CCC(O)C(CC1CCCCC1)NC(=O)[C@H](Cc1c[nH]cn1)N(C)C(=O)C(Cc1ccccc1)OC(=O)N(C)N(C)C(=O)N1CCOCC1. The maximum Gasteiger partial charge on any atom is 0.429 e. The van der Waals surface area contributed by atoms with Crippen molar-refractivity contribution in [2.45, 2.75) is 102 Å². The minimum absolute atomic E-state index is 0.0414. The fourth-order valence-corrected chi connectivity index (χ4v) is 6.88. The van der Waals surface area contributed by atoms with Crippen LogP contribution in [-0.4, -0.2) is 131 Å². The van der Waals surface area contributed by atoms with Crippen LogP contribution >= 0.6 is 0 Å². The fraction of sp³-hybridized carbons (Fsp3) is 0.658. The van der Waals surface area contributed by atoms with E-state index >= 15 is 0 Å². The van der Waals surface area contributed by atoms with E-state index in [1.165, 1.54) is 38.8 Å². The number of hydrazine groups is 1. The van der Waals surface area contributed by atoms with Gasteiger partial charge in [-0.25, -0.2) is 24.6 Å². The standard InChI is InChI=1S/C38H59N7O7/c1-27(2)16-17-33(46)31(22-28-12-8-6-9-13-28)41-35(47)32(24-30-25-39-26-40-30)42(3)36(48)34(23-29-14-10-7-11-15-29)52-38(50)44(5)43(4)37(49)45-18-20-51-21-19-45/h7,10-11,14-15,25-28,31-34,46H,6,8-9,12-13,16-24H2,1-5H3,(H,39,40)(H,41,47)/t31?,32-,33?,34?/m0/s1. The summed E-state index contributed by atoms with van der Waals surface area (Å²) in [7, 11) is 4.39. The first kappa shape index (κ1) is 40.6. The zero-order valence-electron chi connectivity index (χ0n) is 31.5. The predicted molar refractivity (Wildman–Crippen MR) is 196 cm³/mol. The number of imidazole rings is 1. The number of amides is 5. The molecule has 0 spiro atoms. The lowest BCUT2D eigenvalue weighted by Crippen LogP contribution is -2.57. The number of carbonyl (C=O) groups is 4. The van der Waals surface area contributed by atoms with Crippen molar-refractivity contribution in [3.8, 4) is 0 Å². The van der Waals surface area contributed by atoms with Crippen LogP contribution in [0.4, 0.5) is 9.59 Å². The van der Waals surface area contributed by atoms with Gasteiger partial charge in [-0.05, 0) is 36.7 Å². The van der Waals surface area contributed by atoms with Gasteiger partial charge >= 0.3 is 12.1 Å². The molecule has 1 saturated heterocycles. The fourth-order valence-electron chi connectivity index (χ4n) is 6.88. The molecule has 3 N–H and O–H groups in total. The van der Waals surface area contributed by atoms with E-state index in [4.69, 9.17) is 9.47 Å². The molecular weight excluding hydrogens is 666 g/mol. The molecule has 1 saturated carbocycles. The van der Waals surface area contributed by atoms with E-state index in [1.807, 2.05) is 30.3 Å². The second-order valence-electron chi connectivity index (χ2n) is 14.6. The summed E-state index contributed by atoms with van der Waals surface area (Å²) in [6.07, 6.45) is 8.01. The topological polar surface area (TPSA) is 161 Å². The largest absolute Gasteiger partial charge is 0.434 e. The zero-order valence-corrected chi connectivity index (χ0v) is 31.5. The number of aliphatic hydroxyl groups excluding tert-OH is 1. The Morgan fingerprint density at radius 3 is 2.33 bits per heavy atom. The van der Waals surface area contributed by atoms with Crippen molar-refractivity contribution in [3.05, 3.63) is 54.1 Å².